The molecule has 1 rings (SSSR count). The van der Waals surface area contributed by atoms with Crippen LogP contribution in [0.5, 0.6) is 0 Å². The minimum absolute atomic E-state index is 0.899. The minimum Gasteiger partial charge on any atom is -0.384 e. The van der Waals surface area contributed by atoms with Crippen LogP contribution in [0.1, 0.15) is 20.3 Å². The van der Waals surface area contributed by atoms with E-state index in [4.69, 9.17) is 0 Å². The molecule has 0 spiro atoms. The maximum atomic E-state index is 4.19. The van der Waals surface area contributed by atoms with E-state index in [1.165, 1.54) is 13.0 Å². The number of pyridine rings is 1. The van der Waals surface area contributed by atoms with Crippen LogP contribution in [-0.4, -0.2) is 43.1 Å². The second-order valence-electron chi connectivity index (χ2n) is 4.04. The molecule has 4 nitrogen and oxygen atoms in total. The SMILES string of the molecule is CCCN(CC)CCNc1ccnc(NC)c1. The fourth-order valence-electron chi connectivity index (χ4n) is 1.78. The van der Waals surface area contributed by atoms with Crippen molar-refractivity contribution in [2.75, 3.05) is 43.9 Å². The Morgan fingerprint density at radius 3 is 2.76 bits per heavy atom. The first-order valence-corrected chi connectivity index (χ1v) is 6.40. The van der Waals surface area contributed by atoms with E-state index >= 15 is 0 Å². The molecule has 0 atom stereocenters. The highest BCUT2D eigenvalue weighted by Crippen LogP contribution is 2.10. The maximum Gasteiger partial charge on any atom is 0.127 e. The van der Waals surface area contributed by atoms with E-state index in [2.05, 4.69) is 34.4 Å². The molecule has 0 amide bonds. The zero-order chi connectivity index (χ0) is 12.5. The summed E-state index contributed by atoms with van der Waals surface area (Å²) in [6.07, 6.45) is 3.03. The van der Waals surface area contributed by atoms with Gasteiger partial charge in [0.15, 0.2) is 0 Å². The molecule has 0 bridgehead atoms. The van der Waals surface area contributed by atoms with Gasteiger partial charge in [-0.05, 0) is 25.6 Å². The number of nitrogens with one attached hydrogen (secondary N) is 2. The molecule has 0 aliphatic carbocycles. The van der Waals surface area contributed by atoms with Crippen molar-refractivity contribution in [2.45, 2.75) is 20.3 Å². The zero-order valence-electron chi connectivity index (χ0n) is 11.2. The van der Waals surface area contributed by atoms with E-state index in [0.717, 1.165) is 31.1 Å². The van der Waals surface area contributed by atoms with Gasteiger partial charge < -0.3 is 15.5 Å². The van der Waals surface area contributed by atoms with Crippen molar-refractivity contribution in [2.24, 2.45) is 0 Å². The Morgan fingerprint density at radius 2 is 2.12 bits per heavy atom. The van der Waals surface area contributed by atoms with Crippen molar-refractivity contribution in [1.29, 1.82) is 0 Å². The molecule has 0 radical (unpaired) electrons. The highest BCUT2D eigenvalue weighted by atomic mass is 15.1. The standard InChI is InChI=1S/C13H24N4/c1-4-9-17(5-2)10-8-15-12-6-7-16-13(11-12)14-3/h6-7,11H,4-5,8-10H2,1-3H3,(H2,14,15,16). The second kappa shape index (κ2) is 7.90. The van der Waals surface area contributed by atoms with Crippen LogP contribution in [0.2, 0.25) is 0 Å². The van der Waals surface area contributed by atoms with Crippen molar-refractivity contribution in [3.63, 3.8) is 0 Å². The first kappa shape index (κ1) is 13.8. The van der Waals surface area contributed by atoms with E-state index in [9.17, 15) is 0 Å². The summed E-state index contributed by atoms with van der Waals surface area (Å²) < 4.78 is 0. The topological polar surface area (TPSA) is 40.2 Å². The Hall–Kier alpha value is -1.29. The van der Waals surface area contributed by atoms with Crippen LogP contribution >= 0.6 is 0 Å². The van der Waals surface area contributed by atoms with E-state index in [1.807, 2.05) is 25.4 Å². The summed E-state index contributed by atoms with van der Waals surface area (Å²) in [6, 6.07) is 4.02. The Balaban J connectivity index is 2.34. The number of rotatable bonds is 8. The van der Waals surface area contributed by atoms with Gasteiger partial charge in [-0.3, -0.25) is 0 Å². The normalized spacial score (nSPS) is 10.6. The van der Waals surface area contributed by atoms with E-state index in [-0.39, 0.29) is 0 Å². The molecule has 1 aromatic rings. The van der Waals surface area contributed by atoms with Gasteiger partial charge in [0.2, 0.25) is 0 Å². The van der Waals surface area contributed by atoms with Gasteiger partial charge in [-0.25, -0.2) is 4.98 Å². The van der Waals surface area contributed by atoms with Crippen LogP contribution < -0.4 is 10.6 Å². The summed E-state index contributed by atoms with van der Waals surface area (Å²) >= 11 is 0. The van der Waals surface area contributed by atoms with Gasteiger partial charge in [0.1, 0.15) is 5.82 Å². The molecule has 0 aromatic carbocycles. The van der Waals surface area contributed by atoms with Crippen LogP contribution in [-0.2, 0) is 0 Å². The number of hydrogen-bond acceptors (Lipinski definition) is 4. The Kier molecular flexibility index (Phi) is 6.40. The highest BCUT2D eigenvalue weighted by molar-refractivity contribution is 5.51. The van der Waals surface area contributed by atoms with E-state index in [1.54, 1.807) is 0 Å². The van der Waals surface area contributed by atoms with Gasteiger partial charge in [0.25, 0.3) is 0 Å². The highest BCUT2D eigenvalue weighted by Gasteiger charge is 2.00. The predicted molar refractivity (Wildman–Crippen MR) is 74.7 cm³/mol. The first-order chi connectivity index (χ1) is 8.30. The van der Waals surface area contributed by atoms with E-state index in [0.29, 0.717) is 0 Å². The zero-order valence-corrected chi connectivity index (χ0v) is 11.2. The molecule has 0 saturated heterocycles. The molecule has 1 heterocycles. The van der Waals surface area contributed by atoms with Crippen LogP contribution in [0.4, 0.5) is 11.5 Å². The van der Waals surface area contributed by atoms with Crippen molar-refractivity contribution in [1.82, 2.24) is 9.88 Å². The molecular formula is C13H24N4. The Morgan fingerprint density at radius 1 is 1.29 bits per heavy atom. The fourth-order valence-corrected chi connectivity index (χ4v) is 1.78. The van der Waals surface area contributed by atoms with E-state index < -0.39 is 0 Å². The molecule has 0 unspecified atom stereocenters. The molecule has 0 fully saturated rings. The van der Waals surface area contributed by atoms with Crippen LogP contribution in [0, 0.1) is 0 Å². The number of likely N-dealkylation sites (N-methyl/N-ethyl adjacent to an activating group) is 1. The van der Waals surface area contributed by atoms with Gasteiger partial charge in [0.05, 0.1) is 0 Å². The summed E-state index contributed by atoms with van der Waals surface area (Å²) in [5.41, 5.74) is 1.12. The fraction of sp³-hybridized carbons (Fsp3) is 0.615. The molecule has 17 heavy (non-hydrogen) atoms. The molecular weight excluding hydrogens is 212 g/mol. The van der Waals surface area contributed by atoms with Crippen LogP contribution in [0.3, 0.4) is 0 Å². The minimum atomic E-state index is 0.899. The van der Waals surface area contributed by atoms with Crippen molar-refractivity contribution >= 4 is 11.5 Å². The molecule has 96 valence electrons. The third kappa shape index (κ3) is 5.04. The lowest BCUT2D eigenvalue weighted by atomic mass is 10.3. The van der Waals surface area contributed by atoms with Crippen LogP contribution in [0.15, 0.2) is 18.3 Å². The predicted octanol–water partition coefficient (Wildman–Crippen LogP) is 2.27. The van der Waals surface area contributed by atoms with Gasteiger partial charge >= 0.3 is 0 Å². The summed E-state index contributed by atoms with van der Waals surface area (Å²) in [6.45, 7) is 8.78. The number of anilines is 2. The first-order valence-electron chi connectivity index (χ1n) is 6.40. The summed E-state index contributed by atoms with van der Waals surface area (Å²) in [5.74, 6) is 0.899. The van der Waals surface area contributed by atoms with Crippen molar-refractivity contribution in [3.8, 4) is 0 Å². The lowest BCUT2D eigenvalue weighted by molar-refractivity contribution is 0.300. The summed E-state index contributed by atoms with van der Waals surface area (Å²) in [7, 11) is 1.88. The Bertz CT molecular complexity index is 314. The molecule has 0 aliphatic heterocycles. The average molecular weight is 236 g/mol. The molecule has 2 N–H and O–H groups in total. The Labute approximate surface area is 104 Å². The third-order valence-electron chi connectivity index (χ3n) is 2.76. The van der Waals surface area contributed by atoms with Gasteiger partial charge in [-0.1, -0.05) is 13.8 Å². The monoisotopic (exact) mass is 236 g/mol. The van der Waals surface area contributed by atoms with Gasteiger partial charge in [-0.15, -0.1) is 0 Å². The molecule has 1 aromatic heterocycles. The molecule has 4 heteroatoms. The van der Waals surface area contributed by atoms with Crippen LogP contribution in [0.25, 0.3) is 0 Å². The van der Waals surface area contributed by atoms with Crippen molar-refractivity contribution < 1.29 is 0 Å². The maximum absolute atomic E-state index is 4.19. The van der Waals surface area contributed by atoms with Gasteiger partial charge in [-0.2, -0.15) is 0 Å². The number of hydrogen-bond donors (Lipinski definition) is 2. The lowest BCUT2D eigenvalue weighted by Gasteiger charge is -2.19. The second-order valence-corrected chi connectivity index (χ2v) is 4.04. The largest absolute Gasteiger partial charge is 0.384 e. The lowest BCUT2D eigenvalue weighted by Crippen LogP contribution is -2.29. The summed E-state index contributed by atoms with van der Waals surface area (Å²) in [4.78, 5) is 6.64. The van der Waals surface area contributed by atoms with Gasteiger partial charge in [0, 0.05) is 38.1 Å². The molecule has 0 aliphatic rings. The summed E-state index contributed by atoms with van der Waals surface area (Å²) in [5, 5.41) is 6.46. The third-order valence-corrected chi connectivity index (χ3v) is 2.76. The number of nitrogens with zero attached hydrogens (tertiary/aromatic N) is 2. The number of aromatic nitrogens is 1. The molecule has 0 saturated carbocycles. The quantitative estimate of drug-likeness (QED) is 0.726. The smallest absolute Gasteiger partial charge is 0.127 e. The van der Waals surface area contributed by atoms with Crippen molar-refractivity contribution in [3.05, 3.63) is 18.3 Å². The average Bonchev–Trinajstić information content (AvgIpc) is 2.38.